The average molecular weight is 246 g/mol. The SMILES string of the molecule is CC(NC(C)C1CC1)c1nc2ccccc2s1. The fourth-order valence-corrected chi connectivity index (χ4v) is 3.25. The molecule has 1 aromatic heterocycles. The largest absolute Gasteiger partial charge is 0.305 e. The maximum absolute atomic E-state index is 4.70. The molecule has 1 N–H and O–H groups in total. The van der Waals surface area contributed by atoms with Crippen molar-refractivity contribution >= 4 is 21.6 Å². The number of fused-ring (bicyclic) bond motifs is 1. The zero-order valence-corrected chi connectivity index (χ0v) is 11.1. The summed E-state index contributed by atoms with van der Waals surface area (Å²) in [6.07, 6.45) is 2.78. The smallest absolute Gasteiger partial charge is 0.111 e. The van der Waals surface area contributed by atoms with Gasteiger partial charge in [0.05, 0.1) is 16.3 Å². The first-order valence-corrected chi connectivity index (χ1v) is 7.17. The molecule has 0 bridgehead atoms. The summed E-state index contributed by atoms with van der Waals surface area (Å²) in [5, 5.41) is 4.87. The number of hydrogen-bond acceptors (Lipinski definition) is 3. The van der Waals surface area contributed by atoms with Gasteiger partial charge in [0.15, 0.2) is 0 Å². The van der Waals surface area contributed by atoms with E-state index >= 15 is 0 Å². The average Bonchev–Trinajstić information content (AvgIpc) is 3.08. The van der Waals surface area contributed by atoms with Crippen molar-refractivity contribution in [3.63, 3.8) is 0 Å². The van der Waals surface area contributed by atoms with Crippen molar-refractivity contribution in [1.82, 2.24) is 10.3 Å². The van der Waals surface area contributed by atoms with E-state index in [9.17, 15) is 0 Å². The third-order valence-corrected chi connectivity index (χ3v) is 4.74. The number of nitrogens with one attached hydrogen (secondary N) is 1. The first kappa shape index (κ1) is 11.2. The van der Waals surface area contributed by atoms with Crippen LogP contribution in [0.25, 0.3) is 10.2 Å². The minimum atomic E-state index is 0.364. The summed E-state index contributed by atoms with van der Waals surface area (Å²) < 4.78 is 1.29. The molecule has 2 atom stereocenters. The lowest BCUT2D eigenvalue weighted by molar-refractivity contribution is 0.441. The van der Waals surface area contributed by atoms with Crippen LogP contribution in [0.3, 0.4) is 0 Å². The Morgan fingerprint density at radius 3 is 2.76 bits per heavy atom. The molecular formula is C14H18N2S. The molecule has 1 fully saturated rings. The van der Waals surface area contributed by atoms with Gasteiger partial charge in [-0.05, 0) is 44.7 Å². The highest BCUT2D eigenvalue weighted by Gasteiger charge is 2.29. The fourth-order valence-electron chi connectivity index (χ4n) is 2.27. The number of benzene rings is 1. The number of hydrogen-bond donors (Lipinski definition) is 1. The summed E-state index contributed by atoms with van der Waals surface area (Å²) >= 11 is 1.81. The highest BCUT2D eigenvalue weighted by Crippen LogP contribution is 2.34. The standard InChI is InChI=1S/C14H18N2S/c1-9(11-7-8-11)15-10(2)14-16-12-5-3-4-6-13(12)17-14/h3-6,9-11,15H,7-8H2,1-2H3. The normalized spacial score (nSPS) is 19.4. The molecule has 3 heteroatoms. The van der Waals surface area contributed by atoms with Crippen molar-refractivity contribution < 1.29 is 0 Å². The van der Waals surface area contributed by atoms with Gasteiger partial charge in [0.2, 0.25) is 0 Å². The van der Waals surface area contributed by atoms with Gasteiger partial charge >= 0.3 is 0 Å². The molecule has 1 aliphatic carbocycles. The van der Waals surface area contributed by atoms with E-state index in [-0.39, 0.29) is 0 Å². The predicted molar refractivity (Wildman–Crippen MR) is 73.4 cm³/mol. The summed E-state index contributed by atoms with van der Waals surface area (Å²) in [4.78, 5) is 4.70. The lowest BCUT2D eigenvalue weighted by Crippen LogP contribution is -2.30. The molecule has 1 saturated carbocycles. The van der Waals surface area contributed by atoms with Crippen molar-refractivity contribution in [2.45, 2.75) is 38.8 Å². The van der Waals surface area contributed by atoms with E-state index in [2.05, 4.69) is 43.4 Å². The molecule has 0 saturated heterocycles. The highest BCUT2D eigenvalue weighted by atomic mass is 32.1. The first-order valence-electron chi connectivity index (χ1n) is 6.35. The molecule has 1 aliphatic rings. The van der Waals surface area contributed by atoms with E-state index < -0.39 is 0 Å². The molecule has 3 rings (SSSR count). The molecule has 2 aromatic rings. The van der Waals surface area contributed by atoms with Crippen LogP contribution in [-0.4, -0.2) is 11.0 Å². The molecule has 17 heavy (non-hydrogen) atoms. The van der Waals surface area contributed by atoms with Gasteiger partial charge < -0.3 is 5.32 Å². The van der Waals surface area contributed by atoms with Crippen LogP contribution in [0.15, 0.2) is 24.3 Å². The van der Waals surface area contributed by atoms with Crippen molar-refractivity contribution in [3.8, 4) is 0 Å². The summed E-state index contributed by atoms with van der Waals surface area (Å²) in [5.41, 5.74) is 1.13. The van der Waals surface area contributed by atoms with Crippen molar-refractivity contribution in [1.29, 1.82) is 0 Å². The number of para-hydroxylation sites is 1. The zero-order chi connectivity index (χ0) is 11.8. The van der Waals surface area contributed by atoms with Crippen molar-refractivity contribution in [3.05, 3.63) is 29.3 Å². The van der Waals surface area contributed by atoms with Gasteiger partial charge in [-0.3, -0.25) is 0 Å². The maximum Gasteiger partial charge on any atom is 0.111 e. The van der Waals surface area contributed by atoms with E-state index in [1.807, 2.05) is 0 Å². The van der Waals surface area contributed by atoms with Gasteiger partial charge in [-0.2, -0.15) is 0 Å². The number of rotatable bonds is 4. The second kappa shape index (κ2) is 4.39. The molecule has 2 nitrogen and oxygen atoms in total. The molecule has 90 valence electrons. The van der Waals surface area contributed by atoms with E-state index in [1.54, 1.807) is 11.3 Å². The Labute approximate surface area is 106 Å². The Bertz CT molecular complexity index is 483. The van der Waals surface area contributed by atoms with E-state index in [0.717, 1.165) is 11.4 Å². The van der Waals surface area contributed by atoms with Crippen LogP contribution >= 0.6 is 11.3 Å². The van der Waals surface area contributed by atoms with E-state index in [0.29, 0.717) is 12.1 Å². The Kier molecular flexibility index (Phi) is 2.89. The summed E-state index contributed by atoms with van der Waals surface area (Å²) in [6, 6.07) is 9.35. The highest BCUT2D eigenvalue weighted by molar-refractivity contribution is 7.18. The van der Waals surface area contributed by atoms with Crippen LogP contribution in [-0.2, 0) is 0 Å². The van der Waals surface area contributed by atoms with Crippen molar-refractivity contribution in [2.24, 2.45) is 5.92 Å². The maximum atomic E-state index is 4.70. The Balaban J connectivity index is 1.77. The van der Waals surface area contributed by atoms with Crippen molar-refractivity contribution in [2.75, 3.05) is 0 Å². The van der Waals surface area contributed by atoms with Crippen LogP contribution < -0.4 is 5.32 Å². The Morgan fingerprint density at radius 2 is 2.06 bits per heavy atom. The van der Waals surface area contributed by atoms with Gasteiger partial charge in [-0.1, -0.05) is 12.1 Å². The van der Waals surface area contributed by atoms with Crippen LogP contribution in [0, 0.1) is 5.92 Å². The van der Waals surface area contributed by atoms with Crippen LogP contribution in [0.5, 0.6) is 0 Å². The minimum Gasteiger partial charge on any atom is -0.305 e. The summed E-state index contributed by atoms with van der Waals surface area (Å²) in [6.45, 7) is 4.51. The quantitative estimate of drug-likeness (QED) is 0.888. The Hall–Kier alpha value is -0.930. The molecule has 2 unspecified atom stereocenters. The van der Waals surface area contributed by atoms with E-state index in [4.69, 9.17) is 4.98 Å². The minimum absolute atomic E-state index is 0.364. The van der Waals surface area contributed by atoms with Crippen LogP contribution in [0.4, 0.5) is 0 Å². The second-order valence-corrected chi connectivity index (χ2v) is 6.10. The summed E-state index contributed by atoms with van der Waals surface area (Å²) in [5.74, 6) is 0.895. The number of nitrogens with zero attached hydrogens (tertiary/aromatic N) is 1. The zero-order valence-electron chi connectivity index (χ0n) is 10.3. The van der Waals surface area contributed by atoms with Gasteiger partial charge in [-0.25, -0.2) is 4.98 Å². The first-order chi connectivity index (χ1) is 8.24. The Morgan fingerprint density at radius 1 is 1.29 bits per heavy atom. The molecule has 0 radical (unpaired) electrons. The van der Waals surface area contributed by atoms with Crippen LogP contribution in [0.2, 0.25) is 0 Å². The van der Waals surface area contributed by atoms with E-state index in [1.165, 1.54) is 22.5 Å². The van der Waals surface area contributed by atoms with Gasteiger partial charge in [-0.15, -0.1) is 11.3 Å². The molecule has 0 aliphatic heterocycles. The third kappa shape index (κ3) is 2.35. The molecule has 0 spiro atoms. The molecular weight excluding hydrogens is 228 g/mol. The third-order valence-electron chi connectivity index (χ3n) is 3.52. The lowest BCUT2D eigenvalue weighted by Gasteiger charge is -2.17. The van der Waals surface area contributed by atoms with Gasteiger partial charge in [0, 0.05) is 6.04 Å². The van der Waals surface area contributed by atoms with Crippen LogP contribution in [0.1, 0.15) is 37.7 Å². The topological polar surface area (TPSA) is 24.9 Å². The predicted octanol–water partition coefficient (Wildman–Crippen LogP) is 3.75. The number of thiazole rings is 1. The monoisotopic (exact) mass is 246 g/mol. The molecule has 1 heterocycles. The van der Waals surface area contributed by atoms with Gasteiger partial charge in [0.1, 0.15) is 5.01 Å². The second-order valence-electron chi connectivity index (χ2n) is 5.03. The fraction of sp³-hybridized carbons (Fsp3) is 0.500. The molecule has 0 amide bonds. The number of aromatic nitrogens is 1. The molecule has 1 aromatic carbocycles. The summed E-state index contributed by atoms with van der Waals surface area (Å²) in [7, 11) is 0. The van der Waals surface area contributed by atoms with Gasteiger partial charge in [0.25, 0.3) is 0 Å². The lowest BCUT2D eigenvalue weighted by atomic mass is 10.2.